The number of halogens is 7. The number of aliphatic hydroxyl groups excluding tert-OH is 1. The smallest absolute Gasteiger partial charge is 0.422 e. The van der Waals surface area contributed by atoms with Crippen molar-refractivity contribution < 1.29 is 41.0 Å². The van der Waals surface area contributed by atoms with Gasteiger partial charge in [0, 0.05) is 6.20 Å². The summed E-state index contributed by atoms with van der Waals surface area (Å²) in [4.78, 5) is 32.5. The molecule has 17 heteroatoms. The number of nitrogens with zero attached hydrogens (tertiary/aromatic N) is 5. The molecular weight excluding hydrogens is 526 g/mol. The van der Waals surface area contributed by atoms with Crippen molar-refractivity contribution in [1.82, 2.24) is 24.3 Å². The number of carbonyl (C=O) groups is 1. The Bertz CT molecular complexity index is 1320. The van der Waals surface area contributed by atoms with E-state index in [0.29, 0.717) is 16.2 Å². The molecular formula is C19H15ClF6N6O4. The first-order valence-corrected chi connectivity index (χ1v) is 10.1. The maximum Gasteiger partial charge on any atom is 0.422 e. The third kappa shape index (κ3) is 5.93. The molecule has 1 amide bonds. The van der Waals surface area contributed by atoms with Crippen LogP contribution in [0.15, 0.2) is 23.1 Å². The van der Waals surface area contributed by atoms with E-state index in [2.05, 4.69) is 25.1 Å². The van der Waals surface area contributed by atoms with E-state index in [1.807, 2.05) is 0 Å². The van der Waals surface area contributed by atoms with E-state index in [4.69, 9.17) is 11.6 Å². The van der Waals surface area contributed by atoms with Crippen molar-refractivity contribution in [3.05, 3.63) is 56.7 Å². The fraction of sp³-hybridized carbons (Fsp3) is 0.316. The van der Waals surface area contributed by atoms with Crippen LogP contribution in [-0.2, 0) is 13.2 Å². The van der Waals surface area contributed by atoms with Crippen molar-refractivity contribution in [2.75, 3.05) is 11.9 Å². The monoisotopic (exact) mass is 540 g/mol. The van der Waals surface area contributed by atoms with Gasteiger partial charge in [0.25, 0.3) is 12.3 Å². The number of ether oxygens (including phenoxy) is 1. The van der Waals surface area contributed by atoms with Gasteiger partial charge in [-0.05, 0) is 24.6 Å². The van der Waals surface area contributed by atoms with Crippen LogP contribution in [0.25, 0.3) is 5.82 Å². The van der Waals surface area contributed by atoms with Crippen LogP contribution in [-0.4, -0.2) is 54.5 Å². The second kappa shape index (κ2) is 10.5. The molecule has 0 saturated carbocycles. The van der Waals surface area contributed by atoms with Gasteiger partial charge in [-0.15, -0.1) is 5.10 Å². The molecule has 3 aromatic rings. The van der Waals surface area contributed by atoms with E-state index in [-0.39, 0.29) is 15.5 Å². The molecule has 0 fully saturated rings. The fourth-order valence-electron chi connectivity index (χ4n) is 2.90. The molecule has 0 aliphatic heterocycles. The minimum absolute atomic E-state index is 0.0232. The molecule has 0 aliphatic carbocycles. The highest BCUT2D eigenvalue weighted by molar-refractivity contribution is 6.32. The minimum atomic E-state index is -4.90. The Hall–Kier alpha value is -3.66. The van der Waals surface area contributed by atoms with Gasteiger partial charge in [-0.2, -0.15) is 22.8 Å². The lowest BCUT2D eigenvalue weighted by atomic mass is 10.2. The summed E-state index contributed by atoms with van der Waals surface area (Å²) in [6, 6.07) is 1.88. The number of nitrogens with one attached hydrogen (secondary N) is 1. The number of hydrogen-bond donors (Lipinski definition) is 2. The van der Waals surface area contributed by atoms with Crippen LogP contribution in [0, 0.1) is 12.7 Å². The maximum absolute atomic E-state index is 15.0. The molecule has 10 nitrogen and oxygen atoms in total. The topological polar surface area (TPSA) is 124 Å². The summed E-state index contributed by atoms with van der Waals surface area (Å²) in [5, 5.41) is 14.9. The van der Waals surface area contributed by atoms with E-state index >= 15 is 0 Å². The predicted octanol–water partition coefficient (Wildman–Crippen LogP) is 2.88. The molecule has 0 saturated heterocycles. The van der Waals surface area contributed by atoms with Gasteiger partial charge in [0.05, 0.1) is 12.2 Å². The molecule has 194 valence electrons. The van der Waals surface area contributed by atoms with Crippen molar-refractivity contribution in [2.45, 2.75) is 32.7 Å². The zero-order valence-electron chi connectivity index (χ0n) is 18.0. The normalized spacial score (nSPS) is 11.7. The molecule has 3 aromatic heterocycles. The molecule has 0 aromatic carbocycles. The minimum Gasteiger partial charge on any atom is -0.467 e. The fourth-order valence-corrected chi connectivity index (χ4v) is 3.16. The lowest BCUT2D eigenvalue weighted by Crippen LogP contribution is -2.28. The highest BCUT2D eigenvalue weighted by atomic mass is 35.5. The van der Waals surface area contributed by atoms with Gasteiger partial charge < -0.3 is 15.2 Å². The van der Waals surface area contributed by atoms with Crippen LogP contribution in [0.5, 0.6) is 5.88 Å². The summed E-state index contributed by atoms with van der Waals surface area (Å²) in [6.45, 7) is -2.62. The van der Waals surface area contributed by atoms with Gasteiger partial charge in [-0.3, -0.25) is 9.36 Å². The molecule has 3 rings (SSSR count). The van der Waals surface area contributed by atoms with Gasteiger partial charge in [0.2, 0.25) is 5.88 Å². The van der Waals surface area contributed by atoms with Gasteiger partial charge in [-0.25, -0.2) is 22.9 Å². The summed E-state index contributed by atoms with van der Waals surface area (Å²) in [6.07, 6.45) is -6.62. The zero-order valence-corrected chi connectivity index (χ0v) is 18.7. The molecule has 0 bridgehead atoms. The Kier molecular flexibility index (Phi) is 7.88. The van der Waals surface area contributed by atoms with Gasteiger partial charge in [0.1, 0.15) is 12.2 Å². The highest BCUT2D eigenvalue weighted by Crippen LogP contribution is 2.27. The van der Waals surface area contributed by atoms with Gasteiger partial charge >= 0.3 is 11.9 Å². The lowest BCUT2D eigenvalue weighted by Gasteiger charge is -2.15. The van der Waals surface area contributed by atoms with E-state index in [1.54, 1.807) is 0 Å². The number of hydrogen-bond acceptors (Lipinski definition) is 7. The average Bonchev–Trinajstić information content (AvgIpc) is 3.09. The van der Waals surface area contributed by atoms with Crippen LogP contribution >= 0.6 is 11.6 Å². The molecule has 0 unspecified atom stereocenters. The Labute approximate surface area is 202 Å². The van der Waals surface area contributed by atoms with Gasteiger partial charge in [-0.1, -0.05) is 11.6 Å². The first-order valence-electron chi connectivity index (χ1n) is 9.73. The largest absolute Gasteiger partial charge is 0.467 e. The average molecular weight is 541 g/mol. The van der Waals surface area contributed by atoms with Crippen molar-refractivity contribution in [3.63, 3.8) is 0 Å². The SMILES string of the molecule is Cc1ccnc(Cl)c1NC(=O)c1cc(F)c(-n2nc(CO)n(CC(F)F)c2=O)nc1OCC(F)(F)F. The summed E-state index contributed by atoms with van der Waals surface area (Å²) >= 11 is 5.92. The number of carbonyl (C=O) groups excluding carboxylic acids is 1. The number of amides is 1. The number of pyridine rings is 2. The zero-order chi connectivity index (χ0) is 26.8. The van der Waals surface area contributed by atoms with Crippen LogP contribution in [0.2, 0.25) is 5.15 Å². The third-order valence-corrected chi connectivity index (χ3v) is 4.78. The van der Waals surface area contributed by atoms with Crippen molar-refractivity contribution >= 4 is 23.2 Å². The second-order valence-corrected chi connectivity index (χ2v) is 7.43. The van der Waals surface area contributed by atoms with Crippen LogP contribution in [0.3, 0.4) is 0 Å². The summed E-state index contributed by atoms with van der Waals surface area (Å²) in [7, 11) is 0. The number of aromatic nitrogens is 5. The van der Waals surface area contributed by atoms with Crippen LogP contribution in [0.4, 0.5) is 32.0 Å². The Balaban J connectivity index is 2.12. The van der Waals surface area contributed by atoms with Crippen LogP contribution < -0.4 is 15.7 Å². The quantitative estimate of drug-likeness (QED) is 0.332. The van der Waals surface area contributed by atoms with Crippen molar-refractivity contribution in [2.24, 2.45) is 0 Å². The van der Waals surface area contributed by atoms with Crippen molar-refractivity contribution in [1.29, 1.82) is 0 Å². The summed E-state index contributed by atoms with van der Waals surface area (Å²) < 4.78 is 84.0. The van der Waals surface area contributed by atoms with Crippen LogP contribution in [0.1, 0.15) is 21.7 Å². The first-order chi connectivity index (χ1) is 16.8. The molecule has 0 aliphatic rings. The van der Waals surface area contributed by atoms with E-state index < -0.39 is 72.9 Å². The third-order valence-electron chi connectivity index (χ3n) is 4.49. The Morgan fingerprint density at radius 1 is 1.33 bits per heavy atom. The van der Waals surface area contributed by atoms with Gasteiger partial charge in [0.15, 0.2) is 29.2 Å². The number of aryl methyl sites for hydroxylation is 1. The standard InChI is InChI=1S/C19H15ClF6N6O4/c1-8-2-3-27-14(20)13(8)28-16(34)9-4-10(21)15(29-17(9)36-7-19(24,25)26)32-18(35)31(5-11(22)23)12(6-33)30-32/h2-4,11,33H,5-7H2,1H3,(H,28,34). The number of aliphatic hydroxyl groups is 1. The molecule has 0 spiro atoms. The first kappa shape index (κ1) is 26.9. The predicted molar refractivity (Wildman–Crippen MR) is 111 cm³/mol. The molecule has 0 radical (unpaired) electrons. The lowest BCUT2D eigenvalue weighted by molar-refractivity contribution is -0.154. The Morgan fingerprint density at radius 3 is 2.61 bits per heavy atom. The second-order valence-electron chi connectivity index (χ2n) is 7.07. The number of alkyl halides is 5. The van der Waals surface area contributed by atoms with Crippen molar-refractivity contribution in [3.8, 4) is 11.7 Å². The molecule has 3 heterocycles. The highest BCUT2D eigenvalue weighted by Gasteiger charge is 2.31. The molecule has 0 atom stereocenters. The number of rotatable bonds is 8. The molecule has 36 heavy (non-hydrogen) atoms. The summed E-state index contributed by atoms with van der Waals surface area (Å²) in [5.41, 5.74) is -1.80. The van der Waals surface area contributed by atoms with E-state index in [9.17, 15) is 41.0 Å². The van der Waals surface area contributed by atoms with E-state index in [1.165, 1.54) is 19.2 Å². The Morgan fingerprint density at radius 2 is 2.03 bits per heavy atom. The number of anilines is 1. The maximum atomic E-state index is 15.0. The van der Waals surface area contributed by atoms with E-state index in [0.717, 1.165) is 0 Å². The summed E-state index contributed by atoms with van der Waals surface area (Å²) in [5.74, 6) is -5.34. The molecule has 2 N–H and O–H groups in total.